The van der Waals surface area contributed by atoms with Gasteiger partial charge in [-0.2, -0.15) is 0 Å². The molecule has 1 atom stereocenters. The zero-order valence-corrected chi connectivity index (χ0v) is 8.59. The standard InChI is InChI=1S/C9H15N.C2H6/c1-3-7-10-8-5-6-9(10)4-2;1-2/h3-4,7,9H,2,5-6,8H2,1H3;1-2H3/b7-3-;. The molecular formula is C11H21N. The largest absolute Gasteiger partial charge is 0.371 e. The molecule has 1 nitrogen and oxygen atoms in total. The second kappa shape index (κ2) is 6.96. The van der Waals surface area contributed by atoms with Crippen LogP contribution in [-0.2, 0) is 0 Å². The van der Waals surface area contributed by atoms with Crippen LogP contribution in [0.5, 0.6) is 0 Å². The molecule has 0 aromatic rings. The normalized spacial score (nSPS) is 22.2. The molecule has 1 aliphatic heterocycles. The van der Waals surface area contributed by atoms with E-state index in [2.05, 4.69) is 30.7 Å². The molecule has 1 heteroatoms. The molecule has 1 aliphatic rings. The van der Waals surface area contributed by atoms with Gasteiger partial charge in [0, 0.05) is 12.6 Å². The van der Waals surface area contributed by atoms with Crippen molar-refractivity contribution in [3.05, 3.63) is 24.9 Å². The fourth-order valence-corrected chi connectivity index (χ4v) is 1.44. The summed E-state index contributed by atoms with van der Waals surface area (Å²) in [4.78, 5) is 2.34. The zero-order valence-electron chi connectivity index (χ0n) is 8.59. The van der Waals surface area contributed by atoms with Gasteiger partial charge in [-0.05, 0) is 26.0 Å². The average Bonchev–Trinajstić information content (AvgIpc) is 2.56. The van der Waals surface area contributed by atoms with Crippen LogP contribution < -0.4 is 0 Å². The quantitative estimate of drug-likeness (QED) is 0.571. The lowest BCUT2D eigenvalue weighted by atomic mass is 10.2. The Morgan fingerprint density at radius 2 is 2.08 bits per heavy atom. The smallest absolute Gasteiger partial charge is 0.0465 e. The first-order chi connectivity index (χ1) is 5.88. The van der Waals surface area contributed by atoms with Crippen LogP contribution in [0.1, 0.15) is 33.6 Å². The summed E-state index contributed by atoms with van der Waals surface area (Å²) in [5.41, 5.74) is 0. The van der Waals surface area contributed by atoms with Gasteiger partial charge < -0.3 is 4.90 Å². The SMILES string of the molecule is C=CC1CCCN1/C=C\C.CC. The van der Waals surface area contributed by atoms with Crippen LogP contribution in [-0.4, -0.2) is 17.5 Å². The van der Waals surface area contributed by atoms with Crippen molar-refractivity contribution in [2.24, 2.45) is 0 Å². The molecule has 70 valence electrons. The van der Waals surface area contributed by atoms with Crippen molar-refractivity contribution in [1.82, 2.24) is 4.90 Å². The molecule has 1 unspecified atom stereocenters. The maximum Gasteiger partial charge on any atom is 0.0465 e. The molecular weight excluding hydrogens is 146 g/mol. The van der Waals surface area contributed by atoms with Gasteiger partial charge in [0.25, 0.3) is 0 Å². The minimum atomic E-state index is 0.594. The number of likely N-dealkylation sites (tertiary alicyclic amines) is 1. The number of nitrogens with zero attached hydrogens (tertiary/aromatic N) is 1. The van der Waals surface area contributed by atoms with Crippen LogP contribution in [0.2, 0.25) is 0 Å². The van der Waals surface area contributed by atoms with Crippen molar-refractivity contribution in [3.8, 4) is 0 Å². The summed E-state index contributed by atoms with van der Waals surface area (Å²) < 4.78 is 0. The van der Waals surface area contributed by atoms with Crippen LogP contribution in [0.15, 0.2) is 24.9 Å². The topological polar surface area (TPSA) is 3.24 Å². The summed E-state index contributed by atoms with van der Waals surface area (Å²) in [6.45, 7) is 11.0. The van der Waals surface area contributed by atoms with Gasteiger partial charge in [0.2, 0.25) is 0 Å². The van der Waals surface area contributed by atoms with E-state index in [0.717, 1.165) is 0 Å². The highest BCUT2D eigenvalue weighted by molar-refractivity contribution is 4.97. The predicted octanol–water partition coefficient (Wildman–Crippen LogP) is 3.20. The highest BCUT2D eigenvalue weighted by atomic mass is 15.2. The molecule has 12 heavy (non-hydrogen) atoms. The molecule has 0 saturated carbocycles. The van der Waals surface area contributed by atoms with Crippen molar-refractivity contribution in [2.45, 2.75) is 39.7 Å². The molecule has 0 aromatic carbocycles. The van der Waals surface area contributed by atoms with Crippen molar-refractivity contribution >= 4 is 0 Å². The molecule has 1 rings (SSSR count). The van der Waals surface area contributed by atoms with Gasteiger partial charge in [-0.25, -0.2) is 0 Å². The monoisotopic (exact) mass is 167 g/mol. The number of allylic oxidation sites excluding steroid dienone is 1. The Morgan fingerprint density at radius 1 is 1.42 bits per heavy atom. The van der Waals surface area contributed by atoms with Gasteiger partial charge in [-0.1, -0.05) is 26.0 Å². The molecule has 0 radical (unpaired) electrons. The Labute approximate surface area is 76.8 Å². The maximum absolute atomic E-state index is 3.80. The molecule has 0 amide bonds. The molecule has 0 spiro atoms. The maximum atomic E-state index is 3.80. The lowest BCUT2D eigenvalue weighted by Crippen LogP contribution is -2.20. The molecule has 0 bridgehead atoms. The van der Waals surface area contributed by atoms with E-state index >= 15 is 0 Å². The predicted molar refractivity (Wildman–Crippen MR) is 56.1 cm³/mol. The van der Waals surface area contributed by atoms with Gasteiger partial charge in [0.05, 0.1) is 0 Å². The number of rotatable bonds is 2. The van der Waals surface area contributed by atoms with Gasteiger partial charge in [0.15, 0.2) is 0 Å². The second-order valence-electron chi connectivity index (χ2n) is 2.67. The third kappa shape index (κ3) is 3.12. The molecule has 1 heterocycles. The highest BCUT2D eigenvalue weighted by Gasteiger charge is 2.17. The van der Waals surface area contributed by atoms with E-state index in [9.17, 15) is 0 Å². The molecule has 0 aliphatic carbocycles. The van der Waals surface area contributed by atoms with Crippen molar-refractivity contribution in [3.63, 3.8) is 0 Å². The van der Waals surface area contributed by atoms with Crippen molar-refractivity contribution < 1.29 is 0 Å². The lowest BCUT2D eigenvalue weighted by Gasteiger charge is -2.18. The number of hydrogen-bond donors (Lipinski definition) is 0. The van der Waals surface area contributed by atoms with E-state index in [4.69, 9.17) is 0 Å². The van der Waals surface area contributed by atoms with Gasteiger partial charge in [-0.15, -0.1) is 6.58 Å². The number of hydrogen-bond acceptors (Lipinski definition) is 1. The van der Waals surface area contributed by atoms with Crippen molar-refractivity contribution in [1.29, 1.82) is 0 Å². The fraction of sp³-hybridized carbons (Fsp3) is 0.636. The molecule has 0 aromatic heterocycles. The van der Waals surface area contributed by atoms with E-state index in [0.29, 0.717) is 6.04 Å². The van der Waals surface area contributed by atoms with E-state index in [1.165, 1.54) is 19.4 Å². The summed E-state index contributed by atoms with van der Waals surface area (Å²) in [5.74, 6) is 0. The highest BCUT2D eigenvalue weighted by Crippen LogP contribution is 2.17. The Hall–Kier alpha value is -0.720. The first-order valence-corrected chi connectivity index (χ1v) is 4.89. The summed E-state index contributed by atoms with van der Waals surface area (Å²) in [5, 5.41) is 0. The van der Waals surface area contributed by atoms with E-state index in [1.807, 2.05) is 19.9 Å². The van der Waals surface area contributed by atoms with Crippen LogP contribution in [0, 0.1) is 0 Å². The Balaban J connectivity index is 0.000000561. The minimum Gasteiger partial charge on any atom is -0.371 e. The third-order valence-electron chi connectivity index (χ3n) is 1.95. The Kier molecular flexibility index (Phi) is 6.54. The molecule has 0 N–H and O–H groups in total. The van der Waals surface area contributed by atoms with E-state index < -0.39 is 0 Å². The van der Waals surface area contributed by atoms with Gasteiger partial charge >= 0.3 is 0 Å². The Morgan fingerprint density at radius 3 is 2.58 bits per heavy atom. The summed E-state index contributed by atoms with van der Waals surface area (Å²) in [6.07, 6.45) is 8.85. The first kappa shape index (κ1) is 11.3. The van der Waals surface area contributed by atoms with Gasteiger partial charge in [0.1, 0.15) is 0 Å². The van der Waals surface area contributed by atoms with E-state index in [1.54, 1.807) is 0 Å². The van der Waals surface area contributed by atoms with Gasteiger partial charge in [-0.3, -0.25) is 0 Å². The van der Waals surface area contributed by atoms with Crippen LogP contribution in [0.4, 0.5) is 0 Å². The summed E-state index contributed by atoms with van der Waals surface area (Å²) in [7, 11) is 0. The summed E-state index contributed by atoms with van der Waals surface area (Å²) >= 11 is 0. The fourth-order valence-electron chi connectivity index (χ4n) is 1.44. The van der Waals surface area contributed by atoms with Crippen molar-refractivity contribution in [2.75, 3.05) is 6.54 Å². The van der Waals surface area contributed by atoms with Crippen LogP contribution in [0.25, 0.3) is 0 Å². The van der Waals surface area contributed by atoms with Crippen LogP contribution >= 0.6 is 0 Å². The molecule has 1 saturated heterocycles. The van der Waals surface area contributed by atoms with Crippen LogP contribution in [0.3, 0.4) is 0 Å². The third-order valence-corrected chi connectivity index (χ3v) is 1.95. The summed E-state index contributed by atoms with van der Waals surface area (Å²) in [6, 6.07) is 0.594. The van der Waals surface area contributed by atoms with E-state index in [-0.39, 0.29) is 0 Å². The average molecular weight is 167 g/mol. The lowest BCUT2D eigenvalue weighted by molar-refractivity contribution is 0.401. The second-order valence-corrected chi connectivity index (χ2v) is 2.67. The Bertz CT molecular complexity index is 138. The minimum absolute atomic E-state index is 0.594. The molecule has 1 fully saturated rings. The zero-order chi connectivity index (χ0) is 9.40. The first-order valence-electron chi connectivity index (χ1n) is 4.89.